The van der Waals surface area contributed by atoms with E-state index >= 15 is 0 Å². The first-order valence-corrected chi connectivity index (χ1v) is 6.79. The molecule has 0 aromatic carbocycles. The zero-order valence-electron chi connectivity index (χ0n) is 12.1. The van der Waals surface area contributed by atoms with Gasteiger partial charge in [-0.05, 0) is 39.0 Å². The highest BCUT2D eigenvalue weighted by atomic mass is 35.5. The summed E-state index contributed by atoms with van der Waals surface area (Å²) in [4.78, 5) is 20.1. The molecule has 0 radical (unpaired) electrons. The first-order valence-electron chi connectivity index (χ1n) is 6.42. The number of aromatic nitrogens is 2. The van der Waals surface area contributed by atoms with Crippen LogP contribution in [0.25, 0.3) is 11.3 Å². The molecule has 0 aliphatic heterocycles. The molecule has 0 spiro atoms. The summed E-state index contributed by atoms with van der Waals surface area (Å²) in [6.07, 6.45) is 4.24. The number of hydrogen-bond acceptors (Lipinski definition) is 4. The zero-order chi connectivity index (χ0) is 15.5. The second kappa shape index (κ2) is 6.10. The lowest BCUT2D eigenvalue weighted by Gasteiger charge is -2.20. The third-order valence-corrected chi connectivity index (χ3v) is 2.77. The number of ether oxygens (including phenoxy) is 1. The summed E-state index contributed by atoms with van der Waals surface area (Å²) in [6, 6.07) is 5.21. The second-order valence-electron chi connectivity index (χ2n) is 5.38. The topological polar surface area (TPSA) is 64.1 Å². The van der Waals surface area contributed by atoms with E-state index in [1.54, 1.807) is 51.4 Å². The van der Waals surface area contributed by atoms with Crippen LogP contribution < -0.4 is 5.32 Å². The molecule has 0 saturated carbocycles. The average molecular weight is 306 g/mol. The Morgan fingerprint density at radius 3 is 2.71 bits per heavy atom. The van der Waals surface area contributed by atoms with Crippen LogP contribution in [-0.4, -0.2) is 21.7 Å². The Bertz CT molecular complexity index is 653. The van der Waals surface area contributed by atoms with Gasteiger partial charge in [-0.15, -0.1) is 0 Å². The van der Waals surface area contributed by atoms with Crippen molar-refractivity contribution < 1.29 is 9.53 Å². The maximum absolute atomic E-state index is 11.9. The maximum atomic E-state index is 11.9. The highest BCUT2D eigenvalue weighted by Gasteiger charge is 2.18. The highest BCUT2D eigenvalue weighted by molar-refractivity contribution is 6.33. The molecule has 0 unspecified atom stereocenters. The third-order valence-electron chi connectivity index (χ3n) is 2.47. The average Bonchev–Trinajstić information content (AvgIpc) is 2.38. The van der Waals surface area contributed by atoms with Crippen molar-refractivity contribution in [1.82, 2.24) is 9.97 Å². The van der Waals surface area contributed by atoms with E-state index in [1.807, 2.05) is 0 Å². The number of carbonyl (C=O) groups excluding carboxylic acids is 1. The number of hydrogen-bond donors (Lipinski definition) is 1. The second-order valence-corrected chi connectivity index (χ2v) is 5.79. The van der Waals surface area contributed by atoms with Crippen LogP contribution in [0, 0.1) is 0 Å². The molecule has 110 valence electrons. The normalized spacial score (nSPS) is 11.0. The van der Waals surface area contributed by atoms with Crippen molar-refractivity contribution in [2.24, 2.45) is 0 Å². The Kier molecular flexibility index (Phi) is 4.43. The number of halogens is 1. The smallest absolute Gasteiger partial charge is 0.412 e. The van der Waals surface area contributed by atoms with Crippen molar-refractivity contribution in [3.63, 3.8) is 0 Å². The van der Waals surface area contributed by atoms with Gasteiger partial charge in [0.25, 0.3) is 0 Å². The van der Waals surface area contributed by atoms with E-state index < -0.39 is 11.7 Å². The highest BCUT2D eigenvalue weighted by Crippen LogP contribution is 2.30. The van der Waals surface area contributed by atoms with Crippen LogP contribution in [0.3, 0.4) is 0 Å². The number of carbonyl (C=O) groups is 1. The molecule has 2 aromatic rings. The van der Waals surface area contributed by atoms with Crippen LogP contribution in [0.4, 0.5) is 10.5 Å². The summed E-state index contributed by atoms with van der Waals surface area (Å²) >= 11 is 6.13. The zero-order valence-corrected chi connectivity index (χ0v) is 12.8. The third kappa shape index (κ3) is 4.16. The Balaban J connectivity index is 2.30. The molecule has 1 amide bonds. The molecule has 0 atom stereocenters. The van der Waals surface area contributed by atoms with Gasteiger partial charge in [0, 0.05) is 24.2 Å². The van der Waals surface area contributed by atoms with E-state index in [4.69, 9.17) is 16.3 Å². The molecule has 0 fully saturated rings. The molecule has 1 N–H and O–H groups in total. The van der Waals surface area contributed by atoms with Gasteiger partial charge in [0.2, 0.25) is 0 Å². The Labute approximate surface area is 128 Å². The van der Waals surface area contributed by atoms with E-state index in [9.17, 15) is 4.79 Å². The molecule has 2 heterocycles. The van der Waals surface area contributed by atoms with Crippen molar-refractivity contribution in [3.05, 3.63) is 41.8 Å². The lowest BCUT2D eigenvalue weighted by molar-refractivity contribution is 0.0636. The minimum absolute atomic E-state index is 0.462. The summed E-state index contributed by atoms with van der Waals surface area (Å²) in [5.74, 6) is 0. The fraction of sp³-hybridized carbons (Fsp3) is 0.267. The van der Waals surface area contributed by atoms with E-state index in [-0.39, 0.29) is 0 Å². The van der Waals surface area contributed by atoms with Gasteiger partial charge in [0.15, 0.2) is 0 Å². The number of amides is 1. The van der Waals surface area contributed by atoms with E-state index in [2.05, 4.69) is 15.3 Å². The fourth-order valence-electron chi connectivity index (χ4n) is 1.70. The molecule has 21 heavy (non-hydrogen) atoms. The summed E-state index contributed by atoms with van der Waals surface area (Å²) in [5.41, 5.74) is 1.22. The quantitative estimate of drug-likeness (QED) is 0.905. The molecule has 2 rings (SSSR count). The summed E-state index contributed by atoms with van der Waals surface area (Å²) in [6.45, 7) is 5.41. The predicted octanol–water partition coefficient (Wildman–Crippen LogP) is 4.14. The van der Waals surface area contributed by atoms with Gasteiger partial charge in [0.05, 0.1) is 16.4 Å². The van der Waals surface area contributed by atoms with Crippen molar-refractivity contribution in [2.75, 3.05) is 5.32 Å². The van der Waals surface area contributed by atoms with Crippen LogP contribution in [0.15, 0.2) is 36.8 Å². The first-order chi connectivity index (χ1) is 9.87. The minimum Gasteiger partial charge on any atom is -0.444 e. The number of anilines is 1. The predicted molar refractivity (Wildman–Crippen MR) is 82.3 cm³/mol. The fourth-order valence-corrected chi connectivity index (χ4v) is 1.91. The van der Waals surface area contributed by atoms with Gasteiger partial charge in [-0.3, -0.25) is 15.3 Å². The molecule has 2 aromatic heterocycles. The van der Waals surface area contributed by atoms with Crippen molar-refractivity contribution in [2.45, 2.75) is 26.4 Å². The van der Waals surface area contributed by atoms with E-state index in [0.29, 0.717) is 22.0 Å². The molecule has 6 heteroatoms. The van der Waals surface area contributed by atoms with Crippen LogP contribution in [-0.2, 0) is 4.74 Å². The van der Waals surface area contributed by atoms with Gasteiger partial charge >= 0.3 is 6.09 Å². The van der Waals surface area contributed by atoms with Crippen LogP contribution in [0.2, 0.25) is 5.02 Å². The molecule has 5 nitrogen and oxygen atoms in total. The molecular formula is C15H16ClN3O2. The van der Waals surface area contributed by atoms with Crippen molar-refractivity contribution in [1.29, 1.82) is 0 Å². The molecule has 0 bridgehead atoms. The van der Waals surface area contributed by atoms with Gasteiger partial charge in [-0.25, -0.2) is 4.79 Å². The lowest BCUT2D eigenvalue weighted by atomic mass is 10.1. The largest absolute Gasteiger partial charge is 0.444 e. The Morgan fingerprint density at radius 2 is 2.05 bits per heavy atom. The van der Waals surface area contributed by atoms with E-state index in [1.165, 1.54) is 6.20 Å². The van der Waals surface area contributed by atoms with Crippen molar-refractivity contribution in [3.8, 4) is 11.3 Å². The van der Waals surface area contributed by atoms with Gasteiger partial charge < -0.3 is 4.74 Å². The van der Waals surface area contributed by atoms with Gasteiger partial charge in [0.1, 0.15) is 5.60 Å². The van der Waals surface area contributed by atoms with Gasteiger partial charge in [-0.1, -0.05) is 11.6 Å². The van der Waals surface area contributed by atoms with Crippen LogP contribution in [0.1, 0.15) is 20.8 Å². The number of rotatable bonds is 2. The molecule has 0 aliphatic rings. The first kappa shape index (κ1) is 15.3. The Morgan fingerprint density at radius 1 is 1.29 bits per heavy atom. The van der Waals surface area contributed by atoms with E-state index in [0.717, 1.165) is 0 Å². The molecule has 0 saturated heterocycles. The summed E-state index contributed by atoms with van der Waals surface area (Å²) in [7, 11) is 0. The standard InChI is InChI=1S/C15H16ClN3O2/c1-15(2,3)21-14(20)19-12-5-4-7-18-13(12)10-6-8-17-9-11(10)16/h4-9H,1-3H3,(H,19,20). The molecular weight excluding hydrogens is 290 g/mol. The Hall–Kier alpha value is -2.14. The van der Waals surface area contributed by atoms with Gasteiger partial charge in [-0.2, -0.15) is 0 Å². The number of nitrogens with zero attached hydrogens (tertiary/aromatic N) is 2. The molecule has 0 aliphatic carbocycles. The number of pyridine rings is 2. The van der Waals surface area contributed by atoms with Crippen LogP contribution in [0.5, 0.6) is 0 Å². The SMILES string of the molecule is CC(C)(C)OC(=O)Nc1cccnc1-c1ccncc1Cl. The van der Waals surface area contributed by atoms with Crippen LogP contribution >= 0.6 is 11.6 Å². The summed E-state index contributed by atoms with van der Waals surface area (Å²) < 4.78 is 5.24. The monoisotopic (exact) mass is 305 g/mol. The lowest BCUT2D eigenvalue weighted by Crippen LogP contribution is -2.27. The number of nitrogens with one attached hydrogen (secondary N) is 1. The maximum Gasteiger partial charge on any atom is 0.412 e. The summed E-state index contributed by atoms with van der Waals surface area (Å²) in [5, 5.41) is 3.15. The van der Waals surface area contributed by atoms with Crippen molar-refractivity contribution >= 4 is 23.4 Å². The minimum atomic E-state index is -0.569.